The highest BCUT2D eigenvalue weighted by molar-refractivity contribution is 5.74. The van der Waals surface area contributed by atoms with Gasteiger partial charge in [-0.2, -0.15) is 0 Å². The predicted octanol–water partition coefficient (Wildman–Crippen LogP) is 8.69. The number of amides is 1. The molecule has 1 N–H and O–H groups in total. The van der Waals surface area contributed by atoms with Gasteiger partial charge in [0, 0.05) is 25.5 Å². The Morgan fingerprint density at radius 3 is 2.18 bits per heavy atom. The van der Waals surface area contributed by atoms with Crippen LogP contribution in [0.2, 0.25) is 0 Å². The summed E-state index contributed by atoms with van der Waals surface area (Å²) < 4.78 is 17.3. The number of rotatable bonds is 12. The quantitative estimate of drug-likeness (QED) is 0.126. The lowest BCUT2D eigenvalue weighted by atomic mass is 9.31. The van der Waals surface area contributed by atoms with Crippen LogP contribution in [-0.2, 0) is 28.6 Å². The van der Waals surface area contributed by atoms with Crippen LogP contribution in [0.1, 0.15) is 139 Å². The molecule has 0 heterocycles. The lowest BCUT2D eigenvalue weighted by molar-refractivity contribution is -0.271. The molecule has 10 atom stereocenters. The fourth-order valence-electron chi connectivity index (χ4n) is 14.0. The van der Waals surface area contributed by atoms with Crippen molar-refractivity contribution < 1.29 is 28.6 Å². The second kappa shape index (κ2) is 13.3. The molecule has 5 aliphatic carbocycles. The lowest BCUT2D eigenvalue weighted by Crippen LogP contribution is -2.69. The minimum Gasteiger partial charge on any atom is -0.469 e. The topological polar surface area (TPSA) is 90.9 Å². The number of allylic oxidation sites excluding steroid dienone is 1. The summed E-state index contributed by atoms with van der Waals surface area (Å²) in [5.41, 5.74) is 0.651. The number of carbonyl (C=O) groups excluding carboxylic acids is 3. The van der Waals surface area contributed by atoms with Gasteiger partial charge in [-0.1, -0.05) is 60.6 Å². The minimum atomic E-state index is -0.630. The maximum absolute atomic E-state index is 13.8. The van der Waals surface area contributed by atoms with Gasteiger partial charge in [0.2, 0.25) is 6.41 Å². The zero-order valence-corrected chi connectivity index (χ0v) is 32.7. The molecular formula is C42H69NO6. The Morgan fingerprint density at radius 2 is 1.55 bits per heavy atom. The highest BCUT2D eigenvalue weighted by Gasteiger charge is 2.72. The summed E-state index contributed by atoms with van der Waals surface area (Å²) in [6.07, 6.45) is 13.4. The van der Waals surface area contributed by atoms with E-state index in [1.807, 2.05) is 13.8 Å². The van der Waals surface area contributed by atoms with Crippen molar-refractivity contribution in [1.82, 2.24) is 5.32 Å². The third-order valence-electron chi connectivity index (χ3n) is 16.6. The molecule has 7 nitrogen and oxygen atoms in total. The summed E-state index contributed by atoms with van der Waals surface area (Å²) in [4.78, 5) is 37.4. The van der Waals surface area contributed by atoms with Crippen LogP contribution in [0.4, 0.5) is 0 Å². The molecule has 5 saturated carbocycles. The summed E-state index contributed by atoms with van der Waals surface area (Å²) in [5.74, 6) is 2.22. The Bertz CT molecular complexity index is 1290. The van der Waals surface area contributed by atoms with E-state index in [0.29, 0.717) is 42.6 Å². The molecule has 0 saturated heterocycles. The van der Waals surface area contributed by atoms with E-state index in [-0.39, 0.29) is 51.9 Å². The van der Waals surface area contributed by atoms with Gasteiger partial charge >= 0.3 is 11.9 Å². The largest absolute Gasteiger partial charge is 0.469 e. The van der Waals surface area contributed by atoms with Crippen molar-refractivity contribution in [3.8, 4) is 0 Å². The van der Waals surface area contributed by atoms with Gasteiger partial charge in [0.1, 0.15) is 5.60 Å². The highest BCUT2D eigenvalue weighted by atomic mass is 16.6. The third kappa shape index (κ3) is 6.02. The Balaban J connectivity index is 1.44. The van der Waals surface area contributed by atoms with E-state index >= 15 is 0 Å². The normalized spacial score (nSPS) is 42.4. The number of carbonyl (C=O) groups is 3. The molecule has 1 amide bonds. The first kappa shape index (κ1) is 38.3. The van der Waals surface area contributed by atoms with Gasteiger partial charge in [-0.05, 0) is 128 Å². The van der Waals surface area contributed by atoms with E-state index in [2.05, 4.69) is 53.4 Å². The number of ether oxygens (including phenoxy) is 3. The molecule has 0 radical (unpaired) electrons. The summed E-state index contributed by atoms with van der Waals surface area (Å²) in [7, 11) is 3.12. The molecule has 0 bridgehead atoms. The van der Waals surface area contributed by atoms with E-state index in [1.54, 1.807) is 7.11 Å². The Kier molecular flexibility index (Phi) is 10.4. The van der Waals surface area contributed by atoms with Gasteiger partial charge in [-0.15, -0.1) is 0 Å². The van der Waals surface area contributed by atoms with Crippen molar-refractivity contribution in [2.24, 2.45) is 62.1 Å². The molecule has 49 heavy (non-hydrogen) atoms. The maximum Gasteiger partial charge on any atom is 0.306 e. The van der Waals surface area contributed by atoms with E-state index in [1.165, 1.54) is 57.6 Å². The van der Waals surface area contributed by atoms with Gasteiger partial charge in [0.05, 0.1) is 26.6 Å². The van der Waals surface area contributed by atoms with Gasteiger partial charge < -0.3 is 19.5 Å². The van der Waals surface area contributed by atoms with Crippen LogP contribution >= 0.6 is 0 Å². The molecule has 5 fully saturated rings. The van der Waals surface area contributed by atoms with Crippen molar-refractivity contribution >= 4 is 18.3 Å². The Hall–Kier alpha value is -1.89. The van der Waals surface area contributed by atoms with Crippen LogP contribution < -0.4 is 5.32 Å². The van der Waals surface area contributed by atoms with Crippen molar-refractivity contribution in [3.63, 3.8) is 0 Å². The molecule has 278 valence electrons. The highest BCUT2D eigenvalue weighted by Crippen LogP contribution is 2.78. The van der Waals surface area contributed by atoms with Crippen LogP contribution in [-0.4, -0.2) is 51.3 Å². The van der Waals surface area contributed by atoms with E-state index in [4.69, 9.17) is 14.2 Å². The molecule has 0 aromatic carbocycles. The molecule has 7 heteroatoms. The second-order valence-corrected chi connectivity index (χ2v) is 19.6. The van der Waals surface area contributed by atoms with E-state index in [0.717, 1.165) is 32.2 Å². The molecule has 0 aliphatic heterocycles. The molecule has 5 aliphatic rings. The first-order valence-corrected chi connectivity index (χ1v) is 19.4. The number of nitrogens with one attached hydrogen (secondary N) is 1. The number of esters is 2. The number of methoxy groups -OCH3 is 2. The van der Waals surface area contributed by atoms with E-state index < -0.39 is 11.0 Å². The molecule has 0 aromatic rings. The van der Waals surface area contributed by atoms with Crippen molar-refractivity contribution in [1.29, 1.82) is 0 Å². The smallest absolute Gasteiger partial charge is 0.306 e. The number of fused-ring (bicyclic) bond motifs is 7. The third-order valence-corrected chi connectivity index (χ3v) is 16.6. The molecule has 0 aromatic heterocycles. The van der Waals surface area contributed by atoms with Gasteiger partial charge in [0.25, 0.3) is 0 Å². The van der Waals surface area contributed by atoms with Crippen LogP contribution in [0, 0.1) is 62.1 Å². The molecule has 0 spiro atoms. The first-order valence-electron chi connectivity index (χ1n) is 19.4. The summed E-state index contributed by atoms with van der Waals surface area (Å²) in [6, 6.07) is 0. The average Bonchev–Trinajstić information content (AvgIpc) is 3.40. The standard InChI is InChI=1S/C42H69NO6/c1-28(2)29-14-17-41(26-43-27-44)20-19-39(8)30(35(29)41)12-13-32-38(7)18-21-42(22-23-47-10,37(5,6)31(38)15-16-40(32,39)9)49-34(46)25-36(3,4)24-33(45)48-11/h27,29-32,35H,1,12-26H2,2-11H3,(H,43,44)/t29-,30+,31-,32?,35+,38-,39+,40+,41+,42+/m0/s1. The van der Waals surface area contributed by atoms with Crippen molar-refractivity contribution in [2.45, 2.75) is 144 Å². The van der Waals surface area contributed by atoms with Gasteiger partial charge in [0.15, 0.2) is 0 Å². The average molecular weight is 684 g/mol. The van der Waals surface area contributed by atoms with Gasteiger partial charge in [-0.25, -0.2) is 0 Å². The second-order valence-electron chi connectivity index (χ2n) is 19.6. The predicted molar refractivity (Wildman–Crippen MR) is 193 cm³/mol. The summed E-state index contributed by atoms with van der Waals surface area (Å²) in [6.45, 7) is 24.6. The van der Waals surface area contributed by atoms with Crippen LogP contribution in [0.25, 0.3) is 0 Å². The first-order chi connectivity index (χ1) is 22.8. The zero-order chi connectivity index (χ0) is 36.3. The zero-order valence-electron chi connectivity index (χ0n) is 32.7. The number of hydrogen-bond acceptors (Lipinski definition) is 6. The fraction of sp³-hybridized carbons (Fsp3) is 0.881. The fourth-order valence-corrected chi connectivity index (χ4v) is 14.0. The van der Waals surface area contributed by atoms with Crippen LogP contribution in [0.5, 0.6) is 0 Å². The maximum atomic E-state index is 13.8. The lowest BCUT2D eigenvalue weighted by Gasteiger charge is -2.74. The molecule has 1 unspecified atom stereocenters. The molecule has 5 rings (SSSR count). The van der Waals surface area contributed by atoms with Crippen LogP contribution in [0.15, 0.2) is 12.2 Å². The van der Waals surface area contributed by atoms with E-state index in [9.17, 15) is 14.4 Å². The number of hydrogen-bond donors (Lipinski definition) is 1. The summed E-state index contributed by atoms with van der Waals surface area (Å²) >= 11 is 0. The monoisotopic (exact) mass is 684 g/mol. The summed E-state index contributed by atoms with van der Waals surface area (Å²) in [5, 5.41) is 3.15. The van der Waals surface area contributed by atoms with Crippen LogP contribution in [0.3, 0.4) is 0 Å². The molecular weight excluding hydrogens is 614 g/mol. The minimum absolute atomic E-state index is 0.134. The van der Waals surface area contributed by atoms with Crippen molar-refractivity contribution in [2.75, 3.05) is 27.4 Å². The Morgan fingerprint density at radius 1 is 0.857 bits per heavy atom. The van der Waals surface area contributed by atoms with Crippen molar-refractivity contribution in [3.05, 3.63) is 12.2 Å². The van der Waals surface area contributed by atoms with Gasteiger partial charge in [-0.3, -0.25) is 14.4 Å². The Labute approximate surface area is 297 Å². The SMILES string of the molecule is C=C(C)[C@@H]1CC[C@]2(CNC=O)CC[C@]3(C)[C@H](CCC4[C@@]5(C)CC[C@](CCOC)(OC(=O)CC(C)(C)CC(=O)OC)C(C)(C)[C@@H]5CC[C@]43C)[C@@H]12.